The molecule has 0 aliphatic heterocycles. The summed E-state index contributed by atoms with van der Waals surface area (Å²) in [7, 11) is 0. The zero-order valence-electron chi connectivity index (χ0n) is 12.0. The van der Waals surface area contributed by atoms with Crippen LogP contribution in [0.2, 0.25) is 0 Å². The fraction of sp³-hybridized carbons (Fsp3) is 0.294. The molecule has 2 aromatic rings. The minimum atomic E-state index is -0.340. The molecular weight excluding hydrogens is 266 g/mol. The molecule has 0 radical (unpaired) electrons. The third kappa shape index (κ3) is 3.47. The Kier molecular flexibility index (Phi) is 5.06. The second kappa shape index (κ2) is 6.99. The third-order valence-electron chi connectivity index (χ3n) is 3.90. The summed E-state index contributed by atoms with van der Waals surface area (Å²) in [5, 5.41) is 20.5. The lowest BCUT2D eigenvalue weighted by Gasteiger charge is -2.24. The monoisotopic (exact) mass is 285 g/mol. The van der Waals surface area contributed by atoms with Crippen LogP contribution in [0.5, 0.6) is 0 Å². The minimum Gasteiger partial charge on any atom is -0.396 e. The Morgan fingerprint density at radius 2 is 1.71 bits per heavy atom. The fourth-order valence-corrected chi connectivity index (χ4v) is 2.80. The van der Waals surface area contributed by atoms with Crippen molar-refractivity contribution in [1.29, 1.82) is 0 Å². The van der Waals surface area contributed by atoms with Gasteiger partial charge in [0.05, 0.1) is 4.92 Å². The zero-order chi connectivity index (χ0) is 15.2. The van der Waals surface area contributed by atoms with E-state index in [9.17, 15) is 15.2 Å². The van der Waals surface area contributed by atoms with E-state index < -0.39 is 0 Å². The van der Waals surface area contributed by atoms with Gasteiger partial charge in [0.1, 0.15) is 0 Å². The second-order valence-electron chi connectivity index (χ2n) is 5.13. The number of nitro groups is 1. The number of para-hydroxylation sites is 1. The molecule has 0 saturated carbocycles. The van der Waals surface area contributed by atoms with Crippen LogP contribution in [0.4, 0.5) is 5.69 Å². The summed E-state index contributed by atoms with van der Waals surface area (Å²) >= 11 is 0. The normalized spacial score (nSPS) is 13.6. The van der Waals surface area contributed by atoms with Gasteiger partial charge in [-0.2, -0.15) is 0 Å². The number of rotatable bonds is 6. The Morgan fingerprint density at radius 1 is 1.10 bits per heavy atom. The molecule has 0 heterocycles. The molecule has 4 heteroatoms. The average Bonchev–Trinajstić information content (AvgIpc) is 2.52. The molecule has 4 nitrogen and oxygen atoms in total. The minimum absolute atomic E-state index is 0.0406. The SMILES string of the molecule is CC(c1ccccc1[N+](=O)[O-])C(CCO)c1ccccc1. The average molecular weight is 285 g/mol. The van der Waals surface area contributed by atoms with Crippen molar-refractivity contribution < 1.29 is 10.0 Å². The van der Waals surface area contributed by atoms with Crippen LogP contribution in [0.25, 0.3) is 0 Å². The summed E-state index contributed by atoms with van der Waals surface area (Å²) in [5.41, 5.74) is 1.95. The Bertz CT molecular complexity index is 598. The van der Waals surface area contributed by atoms with Gasteiger partial charge in [0.15, 0.2) is 0 Å². The highest BCUT2D eigenvalue weighted by Gasteiger charge is 2.26. The van der Waals surface area contributed by atoms with Crippen LogP contribution in [0.3, 0.4) is 0 Å². The molecule has 0 spiro atoms. The van der Waals surface area contributed by atoms with E-state index in [1.165, 1.54) is 6.07 Å². The highest BCUT2D eigenvalue weighted by Crippen LogP contribution is 2.38. The number of benzene rings is 2. The molecular formula is C17H19NO3. The molecule has 2 unspecified atom stereocenters. The van der Waals surface area contributed by atoms with Gasteiger partial charge in [0.25, 0.3) is 5.69 Å². The number of nitrogens with zero attached hydrogens (tertiary/aromatic N) is 1. The Morgan fingerprint density at radius 3 is 2.33 bits per heavy atom. The van der Waals surface area contributed by atoms with E-state index >= 15 is 0 Å². The fourth-order valence-electron chi connectivity index (χ4n) is 2.80. The largest absolute Gasteiger partial charge is 0.396 e. The predicted molar refractivity (Wildman–Crippen MR) is 82.4 cm³/mol. The first-order chi connectivity index (χ1) is 10.1. The van der Waals surface area contributed by atoms with Crippen molar-refractivity contribution in [3.63, 3.8) is 0 Å². The maximum atomic E-state index is 11.2. The standard InChI is InChI=1S/C17H19NO3/c1-13(16-9-5-6-10-17(16)18(20)21)15(11-12-19)14-7-3-2-4-8-14/h2-10,13,15,19H,11-12H2,1H3. The number of nitro benzene ring substituents is 1. The van der Waals surface area contributed by atoms with E-state index in [2.05, 4.69) is 0 Å². The van der Waals surface area contributed by atoms with Gasteiger partial charge in [0, 0.05) is 18.2 Å². The molecule has 2 aromatic carbocycles. The van der Waals surface area contributed by atoms with Gasteiger partial charge in [0.2, 0.25) is 0 Å². The van der Waals surface area contributed by atoms with E-state index in [-0.39, 0.29) is 29.1 Å². The number of aliphatic hydroxyl groups excluding tert-OH is 1. The number of aliphatic hydroxyl groups is 1. The van der Waals surface area contributed by atoms with E-state index in [1.807, 2.05) is 43.3 Å². The van der Waals surface area contributed by atoms with Crippen LogP contribution in [0, 0.1) is 10.1 Å². The molecule has 0 bridgehead atoms. The molecule has 1 N–H and O–H groups in total. The predicted octanol–water partition coefficient (Wildman–Crippen LogP) is 3.86. The van der Waals surface area contributed by atoms with Crippen LogP contribution in [0.15, 0.2) is 54.6 Å². The summed E-state index contributed by atoms with van der Waals surface area (Å²) in [6.45, 7) is 2.04. The second-order valence-corrected chi connectivity index (χ2v) is 5.13. The first kappa shape index (κ1) is 15.2. The van der Waals surface area contributed by atoms with E-state index in [0.29, 0.717) is 12.0 Å². The van der Waals surface area contributed by atoms with Crippen LogP contribution in [0.1, 0.15) is 36.3 Å². The third-order valence-corrected chi connectivity index (χ3v) is 3.90. The van der Waals surface area contributed by atoms with Crippen LogP contribution >= 0.6 is 0 Å². The molecule has 0 saturated heterocycles. The summed E-state index contributed by atoms with van der Waals surface area (Å²) in [6, 6.07) is 16.7. The molecule has 21 heavy (non-hydrogen) atoms. The molecule has 110 valence electrons. The lowest BCUT2D eigenvalue weighted by Crippen LogP contribution is -2.12. The van der Waals surface area contributed by atoms with Crippen LogP contribution < -0.4 is 0 Å². The molecule has 0 amide bonds. The lowest BCUT2D eigenvalue weighted by atomic mass is 9.80. The van der Waals surface area contributed by atoms with Crippen molar-refractivity contribution in [2.45, 2.75) is 25.2 Å². The van der Waals surface area contributed by atoms with E-state index in [0.717, 1.165) is 5.56 Å². The van der Waals surface area contributed by atoms with Crippen molar-refractivity contribution in [3.05, 3.63) is 75.8 Å². The smallest absolute Gasteiger partial charge is 0.272 e. The summed E-state index contributed by atoms with van der Waals surface area (Å²) < 4.78 is 0. The number of hydrogen-bond donors (Lipinski definition) is 1. The first-order valence-electron chi connectivity index (χ1n) is 7.04. The Labute approximate surface area is 124 Å². The quantitative estimate of drug-likeness (QED) is 0.647. The van der Waals surface area contributed by atoms with Gasteiger partial charge in [-0.1, -0.05) is 55.5 Å². The van der Waals surface area contributed by atoms with Gasteiger partial charge in [-0.3, -0.25) is 10.1 Å². The summed E-state index contributed by atoms with van der Waals surface area (Å²) in [4.78, 5) is 10.9. The van der Waals surface area contributed by atoms with Gasteiger partial charge >= 0.3 is 0 Å². The molecule has 0 aromatic heterocycles. The zero-order valence-corrected chi connectivity index (χ0v) is 12.0. The molecule has 0 aliphatic rings. The van der Waals surface area contributed by atoms with Gasteiger partial charge in [-0.15, -0.1) is 0 Å². The van der Waals surface area contributed by atoms with Crippen LogP contribution in [-0.4, -0.2) is 16.6 Å². The van der Waals surface area contributed by atoms with E-state index in [4.69, 9.17) is 0 Å². The number of hydrogen-bond acceptors (Lipinski definition) is 3. The van der Waals surface area contributed by atoms with Crippen LogP contribution in [-0.2, 0) is 0 Å². The lowest BCUT2D eigenvalue weighted by molar-refractivity contribution is -0.385. The van der Waals surface area contributed by atoms with Gasteiger partial charge in [-0.05, 0) is 23.8 Å². The van der Waals surface area contributed by atoms with E-state index in [1.54, 1.807) is 12.1 Å². The van der Waals surface area contributed by atoms with Crippen molar-refractivity contribution in [2.24, 2.45) is 0 Å². The van der Waals surface area contributed by atoms with Gasteiger partial charge in [-0.25, -0.2) is 0 Å². The maximum Gasteiger partial charge on any atom is 0.272 e. The highest BCUT2D eigenvalue weighted by atomic mass is 16.6. The van der Waals surface area contributed by atoms with Crippen molar-refractivity contribution >= 4 is 5.69 Å². The van der Waals surface area contributed by atoms with Crippen molar-refractivity contribution in [1.82, 2.24) is 0 Å². The highest BCUT2D eigenvalue weighted by molar-refractivity contribution is 5.44. The summed E-state index contributed by atoms with van der Waals surface area (Å²) in [5.74, 6) is 0.0125. The first-order valence-corrected chi connectivity index (χ1v) is 7.04. The summed E-state index contributed by atoms with van der Waals surface area (Å²) in [6.07, 6.45) is 0.581. The van der Waals surface area contributed by atoms with Crippen molar-refractivity contribution in [3.8, 4) is 0 Å². The molecule has 2 rings (SSSR count). The molecule has 2 atom stereocenters. The van der Waals surface area contributed by atoms with Gasteiger partial charge < -0.3 is 5.11 Å². The Hall–Kier alpha value is -2.20. The molecule has 0 aliphatic carbocycles. The topological polar surface area (TPSA) is 63.4 Å². The Balaban J connectivity index is 2.40. The maximum absolute atomic E-state index is 11.2. The van der Waals surface area contributed by atoms with Crippen molar-refractivity contribution in [2.75, 3.05) is 6.61 Å². The molecule has 0 fully saturated rings.